The molecule has 1 fully saturated rings. The zero-order chi connectivity index (χ0) is 18.0. The molecule has 0 radical (unpaired) electrons. The number of benzene rings is 1. The minimum atomic E-state index is -3.61. The van der Waals surface area contributed by atoms with Gasteiger partial charge < -0.3 is 10.1 Å². The number of hydrogen-bond donors (Lipinski definition) is 1. The Morgan fingerprint density at radius 3 is 2.52 bits per heavy atom. The highest BCUT2D eigenvalue weighted by atomic mass is 32.2. The molecule has 1 aliphatic heterocycles. The third-order valence-electron chi connectivity index (χ3n) is 4.00. The Bertz CT molecular complexity index is 884. The molecular weight excluding hydrogens is 360 g/mol. The number of hydrogen-bond acceptors (Lipinski definition) is 5. The largest absolute Gasteiger partial charge is 0.379 e. The number of amides is 1. The predicted octanol–water partition coefficient (Wildman–Crippen LogP) is 2.64. The molecule has 1 N–H and O–H groups in total. The average Bonchev–Trinajstić information content (AvgIpc) is 3.04. The highest BCUT2D eigenvalue weighted by Crippen LogP contribution is 2.25. The number of aryl methyl sites for hydroxylation is 2. The summed E-state index contributed by atoms with van der Waals surface area (Å²) in [7, 11) is -3.61. The second-order valence-corrected chi connectivity index (χ2v) is 9.06. The van der Waals surface area contributed by atoms with Crippen molar-refractivity contribution in [1.82, 2.24) is 4.31 Å². The molecule has 1 saturated heterocycles. The van der Waals surface area contributed by atoms with E-state index in [9.17, 15) is 13.2 Å². The maximum absolute atomic E-state index is 12.9. The topological polar surface area (TPSA) is 75.7 Å². The summed E-state index contributed by atoms with van der Waals surface area (Å²) in [5.41, 5.74) is 1.12. The van der Waals surface area contributed by atoms with Crippen LogP contribution in [-0.2, 0) is 14.8 Å². The number of nitrogens with zero attached hydrogens (tertiary/aromatic N) is 1. The molecule has 0 spiro atoms. The van der Waals surface area contributed by atoms with E-state index in [-0.39, 0.29) is 10.8 Å². The van der Waals surface area contributed by atoms with Crippen molar-refractivity contribution in [2.45, 2.75) is 18.7 Å². The Morgan fingerprint density at radius 2 is 1.88 bits per heavy atom. The zero-order valence-electron chi connectivity index (χ0n) is 14.1. The van der Waals surface area contributed by atoms with Crippen LogP contribution >= 0.6 is 11.3 Å². The molecule has 0 saturated carbocycles. The van der Waals surface area contributed by atoms with Gasteiger partial charge in [-0.2, -0.15) is 4.31 Å². The molecule has 2 heterocycles. The van der Waals surface area contributed by atoms with Gasteiger partial charge in [-0.15, -0.1) is 11.3 Å². The molecule has 0 atom stereocenters. The van der Waals surface area contributed by atoms with Crippen LogP contribution in [0.25, 0.3) is 0 Å². The zero-order valence-corrected chi connectivity index (χ0v) is 15.7. The van der Waals surface area contributed by atoms with Crippen molar-refractivity contribution in [2.24, 2.45) is 0 Å². The Hall–Kier alpha value is -1.74. The number of ether oxygens (including phenoxy) is 1. The van der Waals surface area contributed by atoms with Crippen LogP contribution in [0.2, 0.25) is 0 Å². The predicted molar refractivity (Wildman–Crippen MR) is 97.8 cm³/mol. The van der Waals surface area contributed by atoms with Gasteiger partial charge in [0.05, 0.1) is 23.0 Å². The fourth-order valence-electron chi connectivity index (χ4n) is 2.63. The molecule has 1 amide bonds. The summed E-state index contributed by atoms with van der Waals surface area (Å²) >= 11 is 1.40. The van der Waals surface area contributed by atoms with E-state index in [0.29, 0.717) is 42.4 Å². The number of rotatable bonds is 4. The van der Waals surface area contributed by atoms with Crippen LogP contribution < -0.4 is 5.32 Å². The average molecular weight is 380 g/mol. The Labute approximate surface area is 151 Å². The van der Waals surface area contributed by atoms with Crippen molar-refractivity contribution in [3.63, 3.8) is 0 Å². The number of sulfonamides is 1. The van der Waals surface area contributed by atoms with Crippen LogP contribution in [0, 0.1) is 13.8 Å². The van der Waals surface area contributed by atoms with Crippen LogP contribution in [0.15, 0.2) is 35.2 Å². The number of carbonyl (C=O) groups is 1. The van der Waals surface area contributed by atoms with Gasteiger partial charge in [0, 0.05) is 23.7 Å². The van der Waals surface area contributed by atoms with Gasteiger partial charge in [0.1, 0.15) is 0 Å². The van der Waals surface area contributed by atoms with E-state index in [1.807, 2.05) is 13.0 Å². The summed E-state index contributed by atoms with van der Waals surface area (Å²) < 4.78 is 32.4. The quantitative estimate of drug-likeness (QED) is 0.885. The fraction of sp³-hybridized carbons (Fsp3) is 0.353. The summed E-state index contributed by atoms with van der Waals surface area (Å²) in [4.78, 5) is 14.2. The number of thiophene rings is 1. The first-order valence-corrected chi connectivity index (χ1v) is 10.2. The smallest absolute Gasteiger partial charge is 0.265 e. The first-order chi connectivity index (χ1) is 11.9. The van der Waals surface area contributed by atoms with Crippen LogP contribution in [0.5, 0.6) is 0 Å². The summed E-state index contributed by atoms with van der Waals surface area (Å²) in [5.74, 6) is -0.239. The van der Waals surface area contributed by atoms with Crippen LogP contribution in [0.3, 0.4) is 0 Å². The molecule has 6 nitrogen and oxygen atoms in total. The van der Waals surface area contributed by atoms with Crippen LogP contribution in [0.4, 0.5) is 5.69 Å². The lowest BCUT2D eigenvalue weighted by Gasteiger charge is -2.26. The number of anilines is 1. The van der Waals surface area contributed by atoms with Crippen molar-refractivity contribution < 1.29 is 17.9 Å². The molecule has 1 aliphatic rings. The van der Waals surface area contributed by atoms with Gasteiger partial charge in [0.25, 0.3) is 5.91 Å². The minimum Gasteiger partial charge on any atom is -0.379 e. The van der Waals surface area contributed by atoms with Gasteiger partial charge in [-0.05, 0) is 43.7 Å². The van der Waals surface area contributed by atoms with Crippen molar-refractivity contribution in [2.75, 3.05) is 31.6 Å². The highest BCUT2D eigenvalue weighted by Gasteiger charge is 2.28. The SMILES string of the molecule is Cc1ccc(C(=O)Nc2ccc(C)c(S(=O)(=O)N3CCOCC3)c2)s1. The van der Waals surface area contributed by atoms with Crippen molar-refractivity contribution in [3.05, 3.63) is 45.6 Å². The van der Waals surface area contributed by atoms with E-state index in [1.54, 1.807) is 25.1 Å². The van der Waals surface area contributed by atoms with Crippen LogP contribution in [-0.4, -0.2) is 44.9 Å². The molecule has 2 aromatic rings. The van der Waals surface area contributed by atoms with E-state index < -0.39 is 10.0 Å². The van der Waals surface area contributed by atoms with Gasteiger partial charge in [-0.3, -0.25) is 4.79 Å². The van der Waals surface area contributed by atoms with Crippen LogP contribution in [0.1, 0.15) is 20.1 Å². The fourth-order valence-corrected chi connectivity index (χ4v) is 5.05. The van der Waals surface area contributed by atoms with Crippen molar-refractivity contribution in [1.29, 1.82) is 0 Å². The Balaban J connectivity index is 1.86. The minimum absolute atomic E-state index is 0.217. The highest BCUT2D eigenvalue weighted by molar-refractivity contribution is 7.89. The first-order valence-electron chi connectivity index (χ1n) is 7.94. The van der Waals surface area contributed by atoms with Gasteiger partial charge in [0.15, 0.2) is 0 Å². The molecule has 0 aliphatic carbocycles. The standard InChI is InChI=1S/C17H20N2O4S2/c1-12-3-5-14(18-17(20)15-6-4-13(2)24-15)11-16(12)25(21,22)19-7-9-23-10-8-19/h3-6,11H,7-10H2,1-2H3,(H,18,20). The molecule has 0 unspecified atom stereocenters. The van der Waals surface area contributed by atoms with Gasteiger partial charge in [-0.25, -0.2) is 8.42 Å². The van der Waals surface area contributed by atoms with Crippen molar-refractivity contribution in [3.8, 4) is 0 Å². The molecule has 134 valence electrons. The summed E-state index contributed by atoms with van der Waals surface area (Å²) in [6.45, 7) is 5.15. The van der Waals surface area contributed by atoms with Gasteiger partial charge in [0.2, 0.25) is 10.0 Å². The first kappa shape index (κ1) is 18.1. The number of nitrogens with one attached hydrogen (secondary N) is 1. The molecule has 1 aromatic carbocycles. The third kappa shape index (κ3) is 3.92. The van der Waals surface area contributed by atoms with Gasteiger partial charge in [-0.1, -0.05) is 6.07 Å². The van der Waals surface area contributed by atoms with Crippen molar-refractivity contribution >= 4 is 33.0 Å². The lowest BCUT2D eigenvalue weighted by Crippen LogP contribution is -2.40. The maximum atomic E-state index is 12.9. The lowest BCUT2D eigenvalue weighted by molar-refractivity contribution is 0.0730. The summed E-state index contributed by atoms with van der Waals surface area (Å²) in [6.07, 6.45) is 0. The van der Waals surface area contributed by atoms with E-state index in [4.69, 9.17) is 4.74 Å². The second-order valence-electron chi connectivity index (χ2n) is 5.86. The molecular formula is C17H20N2O4S2. The monoisotopic (exact) mass is 380 g/mol. The van der Waals surface area contributed by atoms with Gasteiger partial charge >= 0.3 is 0 Å². The maximum Gasteiger partial charge on any atom is 0.265 e. The molecule has 25 heavy (non-hydrogen) atoms. The van der Waals surface area contributed by atoms with E-state index >= 15 is 0 Å². The lowest BCUT2D eigenvalue weighted by atomic mass is 10.2. The number of morpholine rings is 1. The molecule has 3 rings (SSSR count). The van der Waals surface area contributed by atoms with E-state index in [0.717, 1.165) is 4.88 Å². The Kier molecular flexibility index (Phi) is 5.24. The Morgan fingerprint density at radius 1 is 1.16 bits per heavy atom. The second kappa shape index (κ2) is 7.25. The molecule has 0 bridgehead atoms. The summed E-state index contributed by atoms with van der Waals surface area (Å²) in [6, 6.07) is 8.59. The van der Waals surface area contributed by atoms with E-state index in [1.165, 1.54) is 21.7 Å². The third-order valence-corrected chi connectivity index (χ3v) is 7.04. The van der Waals surface area contributed by atoms with E-state index in [2.05, 4.69) is 5.32 Å². The molecule has 8 heteroatoms. The molecule has 1 aromatic heterocycles. The normalized spacial score (nSPS) is 15.9. The number of carbonyl (C=O) groups excluding carboxylic acids is 1. The summed E-state index contributed by atoms with van der Waals surface area (Å²) in [5, 5.41) is 2.78.